The first-order chi connectivity index (χ1) is 5.77. The van der Waals surface area contributed by atoms with Crippen molar-refractivity contribution >= 4 is 0 Å². The summed E-state index contributed by atoms with van der Waals surface area (Å²) in [5.41, 5.74) is 9.03. The Kier molecular flexibility index (Phi) is 2.09. The molecule has 2 fully saturated rings. The van der Waals surface area contributed by atoms with Crippen LogP contribution >= 0.6 is 0 Å². The Morgan fingerprint density at radius 1 is 1.42 bits per heavy atom. The monoisotopic (exact) mass is 166 g/mol. The van der Waals surface area contributed by atoms with Crippen LogP contribution in [0.3, 0.4) is 0 Å². The van der Waals surface area contributed by atoms with E-state index in [9.17, 15) is 0 Å². The van der Waals surface area contributed by atoms with Gasteiger partial charge < -0.3 is 11.1 Å². The van der Waals surface area contributed by atoms with E-state index in [1.807, 2.05) is 0 Å². The molecular weight excluding hydrogens is 148 g/mol. The molecule has 1 aliphatic heterocycles. The van der Waals surface area contributed by atoms with E-state index >= 15 is 0 Å². The Hall–Kier alpha value is -0.500. The number of hydrogen-bond acceptors (Lipinski definition) is 2. The number of nitrogens with two attached hydrogens (primary N) is 1. The van der Waals surface area contributed by atoms with E-state index in [2.05, 4.69) is 12.2 Å². The van der Waals surface area contributed by atoms with Gasteiger partial charge >= 0.3 is 0 Å². The smallest absolute Gasteiger partial charge is 0.0447 e. The number of nitrogens with one attached hydrogen (secondary N) is 1. The second kappa shape index (κ2) is 3.09. The predicted molar refractivity (Wildman–Crippen MR) is 50.6 cm³/mol. The number of piperidine rings is 1. The van der Waals surface area contributed by atoms with Gasteiger partial charge in [-0.2, -0.15) is 0 Å². The Morgan fingerprint density at radius 3 is 2.67 bits per heavy atom. The largest absolute Gasteiger partial charge is 0.387 e. The van der Waals surface area contributed by atoms with Gasteiger partial charge in [-0.1, -0.05) is 6.92 Å². The molecule has 2 rings (SSSR count). The summed E-state index contributed by atoms with van der Waals surface area (Å²) >= 11 is 0. The van der Waals surface area contributed by atoms with Crippen LogP contribution in [0.4, 0.5) is 0 Å². The zero-order chi connectivity index (χ0) is 8.55. The van der Waals surface area contributed by atoms with Gasteiger partial charge in [0, 0.05) is 18.3 Å². The molecule has 1 saturated carbocycles. The van der Waals surface area contributed by atoms with Gasteiger partial charge in [-0.3, -0.25) is 0 Å². The van der Waals surface area contributed by atoms with Gasteiger partial charge in [-0.25, -0.2) is 0 Å². The highest BCUT2D eigenvalue weighted by Gasteiger charge is 2.24. The molecule has 2 atom stereocenters. The van der Waals surface area contributed by atoms with Crippen LogP contribution in [-0.2, 0) is 0 Å². The lowest BCUT2D eigenvalue weighted by Crippen LogP contribution is -2.42. The van der Waals surface area contributed by atoms with E-state index in [0.717, 1.165) is 18.9 Å². The summed E-state index contributed by atoms with van der Waals surface area (Å²) in [6.45, 7) is 3.38. The molecule has 2 nitrogen and oxygen atoms in total. The Morgan fingerprint density at radius 2 is 2.17 bits per heavy atom. The minimum atomic E-state index is 0.295. The summed E-state index contributed by atoms with van der Waals surface area (Å²) in [4.78, 5) is 0. The van der Waals surface area contributed by atoms with Crippen LogP contribution in [0.25, 0.3) is 0 Å². The third-order valence-electron chi connectivity index (χ3n) is 3.01. The van der Waals surface area contributed by atoms with E-state index in [1.54, 1.807) is 5.57 Å². The Bertz CT molecular complexity index is 202. The molecule has 0 radical (unpaired) electrons. The first-order valence-corrected chi connectivity index (χ1v) is 4.98. The van der Waals surface area contributed by atoms with Crippen LogP contribution in [0.1, 0.15) is 32.6 Å². The summed E-state index contributed by atoms with van der Waals surface area (Å²) < 4.78 is 0. The summed E-state index contributed by atoms with van der Waals surface area (Å²) in [5.74, 6) is 0.740. The quantitative estimate of drug-likeness (QED) is 0.570. The van der Waals surface area contributed by atoms with Crippen molar-refractivity contribution in [3.63, 3.8) is 0 Å². The fourth-order valence-corrected chi connectivity index (χ4v) is 2.06. The third-order valence-corrected chi connectivity index (χ3v) is 3.01. The standard InChI is InChI=1S/C10H18N2/c1-7-5-9(11)10(12-6-7)8-3-2-4-8/h7,9,12H,2-6,11H2,1H3. The summed E-state index contributed by atoms with van der Waals surface area (Å²) in [5, 5.41) is 3.48. The SMILES string of the molecule is CC1CNC(=C2CCC2)C(N)C1. The van der Waals surface area contributed by atoms with Crippen molar-refractivity contribution in [1.82, 2.24) is 5.32 Å². The average Bonchev–Trinajstić information content (AvgIpc) is 1.91. The normalized spacial score (nSPS) is 35.8. The van der Waals surface area contributed by atoms with Crippen LogP contribution in [0.5, 0.6) is 0 Å². The zero-order valence-corrected chi connectivity index (χ0v) is 7.77. The average molecular weight is 166 g/mol. The van der Waals surface area contributed by atoms with Crippen LogP contribution < -0.4 is 11.1 Å². The molecule has 1 aliphatic carbocycles. The zero-order valence-electron chi connectivity index (χ0n) is 7.77. The fraction of sp³-hybridized carbons (Fsp3) is 0.800. The van der Waals surface area contributed by atoms with Crippen LogP contribution in [-0.4, -0.2) is 12.6 Å². The van der Waals surface area contributed by atoms with Crippen LogP contribution in [0, 0.1) is 5.92 Å². The van der Waals surface area contributed by atoms with Crippen LogP contribution in [0.2, 0.25) is 0 Å². The minimum absolute atomic E-state index is 0.295. The van der Waals surface area contributed by atoms with Gasteiger partial charge in [0.1, 0.15) is 0 Å². The first kappa shape index (κ1) is 8.11. The molecular formula is C10H18N2. The molecule has 1 heterocycles. The number of rotatable bonds is 0. The minimum Gasteiger partial charge on any atom is -0.387 e. The maximum absolute atomic E-state index is 6.06. The van der Waals surface area contributed by atoms with Crippen molar-refractivity contribution in [3.05, 3.63) is 11.3 Å². The molecule has 68 valence electrons. The molecule has 3 N–H and O–H groups in total. The van der Waals surface area contributed by atoms with Crippen molar-refractivity contribution in [3.8, 4) is 0 Å². The molecule has 1 saturated heterocycles. The maximum atomic E-state index is 6.06. The molecule has 2 unspecified atom stereocenters. The molecule has 0 amide bonds. The van der Waals surface area contributed by atoms with Crippen molar-refractivity contribution in [2.24, 2.45) is 11.7 Å². The second-order valence-electron chi connectivity index (χ2n) is 4.20. The highest BCUT2D eigenvalue weighted by atomic mass is 15.0. The molecule has 2 aliphatic rings. The lowest BCUT2D eigenvalue weighted by Gasteiger charge is -2.33. The number of allylic oxidation sites excluding steroid dienone is 1. The van der Waals surface area contributed by atoms with Crippen molar-refractivity contribution in [2.45, 2.75) is 38.6 Å². The molecule has 12 heavy (non-hydrogen) atoms. The van der Waals surface area contributed by atoms with Crippen LogP contribution in [0.15, 0.2) is 11.3 Å². The van der Waals surface area contributed by atoms with Gasteiger partial charge in [0.05, 0.1) is 0 Å². The van der Waals surface area contributed by atoms with Crippen molar-refractivity contribution < 1.29 is 0 Å². The van der Waals surface area contributed by atoms with Gasteiger partial charge in [0.15, 0.2) is 0 Å². The Labute approximate surface area is 74.2 Å². The molecule has 0 spiro atoms. The predicted octanol–water partition coefficient (Wildman–Crippen LogP) is 1.38. The maximum Gasteiger partial charge on any atom is 0.0447 e. The number of hydrogen-bond donors (Lipinski definition) is 2. The van der Waals surface area contributed by atoms with Gasteiger partial charge in [-0.15, -0.1) is 0 Å². The molecule has 0 aromatic rings. The lowest BCUT2D eigenvalue weighted by atomic mass is 9.84. The second-order valence-corrected chi connectivity index (χ2v) is 4.20. The summed E-state index contributed by atoms with van der Waals surface area (Å²) in [7, 11) is 0. The molecule has 0 bridgehead atoms. The van der Waals surface area contributed by atoms with Crippen molar-refractivity contribution in [1.29, 1.82) is 0 Å². The third kappa shape index (κ3) is 1.36. The van der Waals surface area contributed by atoms with Gasteiger partial charge in [0.2, 0.25) is 0 Å². The Balaban J connectivity index is 2.07. The molecule has 0 aromatic heterocycles. The van der Waals surface area contributed by atoms with Gasteiger partial charge in [0.25, 0.3) is 0 Å². The first-order valence-electron chi connectivity index (χ1n) is 4.98. The van der Waals surface area contributed by atoms with E-state index in [0.29, 0.717) is 6.04 Å². The highest BCUT2D eigenvalue weighted by molar-refractivity contribution is 5.24. The molecule has 0 aromatic carbocycles. The van der Waals surface area contributed by atoms with Gasteiger partial charge in [-0.05, 0) is 37.2 Å². The fourth-order valence-electron chi connectivity index (χ4n) is 2.06. The highest BCUT2D eigenvalue weighted by Crippen LogP contribution is 2.31. The van der Waals surface area contributed by atoms with E-state index in [1.165, 1.54) is 25.0 Å². The van der Waals surface area contributed by atoms with E-state index < -0.39 is 0 Å². The van der Waals surface area contributed by atoms with Crippen molar-refractivity contribution in [2.75, 3.05) is 6.54 Å². The summed E-state index contributed by atoms with van der Waals surface area (Å²) in [6.07, 6.45) is 5.09. The topological polar surface area (TPSA) is 38.0 Å². The van der Waals surface area contributed by atoms with E-state index in [-0.39, 0.29) is 0 Å². The summed E-state index contributed by atoms with van der Waals surface area (Å²) in [6, 6.07) is 0.295. The molecule has 2 heteroatoms. The van der Waals surface area contributed by atoms with E-state index in [4.69, 9.17) is 5.73 Å². The lowest BCUT2D eigenvalue weighted by molar-refractivity contribution is 0.398.